The van der Waals surface area contributed by atoms with E-state index in [1.807, 2.05) is 60.7 Å². The van der Waals surface area contributed by atoms with Gasteiger partial charge >= 0.3 is 6.03 Å². The zero-order chi connectivity index (χ0) is 24.5. The van der Waals surface area contributed by atoms with Gasteiger partial charge in [-0.15, -0.1) is 0 Å². The highest BCUT2D eigenvalue weighted by Crippen LogP contribution is 2.30. The summed E-state index contributed by atoms with van der Waals surface area (Å²) in [4.78, 5) is 12.4. The average Bonchev–Trinajstić information content (AvgIpc) is 2.87. The molecule has 0 saturated carbocycles. The minimum Gasteiger partial charge on any atom is -0.497 e. The smallest absolute Gasteiger partial charge is 0.319 e. The fourth-order valence-corrected chi connectivity index (χ4v) is 4.23. The lowest BCUT2D eigenvalue weighted by molar-refractivity contribution is 0.252. The van der Waals surface area contributed by atoms with Crippen LogP contribution in [0, 0.1) is 0 Å². The first-order valence-electron chi connectivity index (χ1n) is 12.1. The molecule has 4 rings (SSSR count). The number of hydrogen-bond donors (Lipinski definition) is 3. The van der Waals surface area contributed by atoms with Crippen molar-refractivity contribution in [2.75, 3.05) is 24.3 Å². The van der Waals surface area contributed by atoms with Gasteiger partial charge in [-0.25, -0.2) is 4.79 Å². The van der Waals surface area contributed by atoms with Crippen molar-refractivity contribution in [1.82, 2.24) is 5.32 Å². The number of fused-ring (bicyclic) bond motifs is 1. The summed E-state index contributed by atoms with van der Waals surface area (Å²) in [6.07, 6.45) is 2.64. The summed E-state index contributed by atoms with van der Waals surface area (Å²) in [5, 5.41) is 11.8. The number of anilines is 2. The summed E-state index contributed by atoms with van der Waals surface area (Å²) in [5.74, 6) is 0.838. The van der Waals surface area contributed by atoms with E-state index in [-0.39, 0.29) is 12.1 Å². The predicted molar refractivity (Wildman–Crippen MR) is 146 cm³/mol. The number of amides is 2. The number of rotatable bonds is 10. The maximum atomic E-state index is 12.4. The number of ether oxygens (including phenoxy) is 1. The first-order valence-corrected chi connectivity index (χ1v) is 12.1. The molecule has 0 radical (unpaired) electrons. The molecule has 0 heterocycles. The van der Waals surface area contributed by atoms with E-state index in [0.717, 1.165) is 41.8 Å². The molecule has 4 aromatic rings. The summed E-state index contributed by atoms with van der Waals surface area (Å²) in [6, 6.07) is 30.8. The second-order valence-corrected chi connectivity index (χ2v) is 8.83. The van der Waals surface area contributed by atoms with Crippen LogP contribution in [-0.2, 0) is 6.42 Å². The Labute approximate surface area is 207 Å². The number of carbonyl (C=O) groups is 1. The maximum Gasteiger partial charge on any atom is 0.319 e. The lowest BCUT2D eigenvalue weighted by atomic mass is 10.0. The van der Waals surface area contributed by atoms with Crippen LogP contribution in [0.4, 0.5) is 16.2 Å². The van der Waals surface area contributed by atoms with Gasteiger partial charge < -0.3 is 20.7 Å². The van der Waals surface area contributed by atoms with Crippen molar-refractivity contribution in [2.45, 2.75) is 32.2 Å². The predicted octanol–water partition coefficient (Wildman–Crippen LogP) is 6.84. The Morgan fingerprint density at radius 1 is 0.886 bits per heavy atom. The van der Waals surface area contributed by atoms with E-state index in [4.69, 9.17) is 4.74 Å². The van der Waals surface area contributed by atoms with Crippen LogP contribution in [0.1, 0.15) is 30.9 Å². The first kappa shape index (κ1) is 24.1. The third kappa shape index (κ3) is 7.00. The molecule has 0 fully saturated rings. The second kappa shape index (κ2) is 11.9. The van der Waals surface area contributed by atoms with Crippen LogP contribution in [0.15, 0.2) is 91.0 Å². The van der Waals surface area contributed by atoms with E-state index in [1.54, 1.807) is 7.11 Å². The molecule has 2 amide bonds. The van der Waals surface area contributed by atoms with Crippen molar-refractivity contribution < 1.29 is 9.53 Å². The standard InChI is InChI=1S/C30H33N3O2/c1-22(32-29-21-27(35-2)20-25-14-6-7-16-28(25)29)10-9-17-31-30(34)33-26-15-8-13-24(19-26)18-23-11-4-3-5-12-23/h3-8,11-16,19-22,32H,9-10,17-18H2,1-2H3,(H2,31,33,34). The Balaban J connectivity index is 1.23. The Kier molecular flexibility index (Phi) is 8.23. The van der Waals surface area contributed by atoms with E-state index >= 15 is 0 Å². The zero-order valence-electron chi connectivity index (χ0n) is 20.4. The third-order valence-electron chi connectivity index (χ3n) is 6.01. The van der Waals surface area contributed by atoms with Crippen LogP contribution in [0.2, 0.25) is 0 Å². The lowest BCUT2D eigenvalue weighted by Crippen LogP contribution is -2.30. The quantitative estimate of drug-likeness (QED) is 0.224. The first-order chi connectivity index (χ1) is 17.1. The lowest BCUT2D eigenvalue weighted by Gasteiger charge is -2.18. The van der Waals surface area contributed by atoms with Crippen LogP contribution >= 0.6 is 0 Å². The van der Waals surface area contributed by atoms with E-state index in [9.17, 15) is 4.79 Å². The molecule has 0 spiro atoms. The fraction of sp³-hybridized carbons (Fsp3) is 0.233. The van der Waals surface area contributed by atoms with Crippen molar-refractivity contribution in [3.8, 4) is 5.75 Å². The molecule has 0 aliphatic rings. The van der Waals surface area contributed by atoms with Crippen LogP contribution in [-0.4, -0.2) is 25.7 Å². The Bertz CT molecular complexity index is 1260. The largest absolute Gasteiger partial charge is 0.497 e. The van der Waals surface area contributed by atoms with Gasteiger partial charge in [0.15, 0.2) is 0 Å². The second-order valence-electron chi connectivity index (χ2n) is 8.83. The summed E-state index contributed by atoms with van der Waals surface area (Å²) < 4.78 is 5.46. The highest BCUT2D eigenvalue weighted by molar-refractivity contribution is 5.95. The summed E-state index contributed by atoms with van der Waals surface area (Å²) in [5.41, 5.74) is 4.28. The van der Waals surface area contributed by atoms with E-state index in [2.05, 4.69) is 53.2 Å². The molecule has 0 aliphatic carbocycles. The van der Waals surface area contributed by atoms with Crippen LogP contribution < -0.4 is 20.7 Å². The molecular weight excluding hydrogens is 434 g/mol. The molecule has 35 heavy (non-hydrogen) atoms. The summed E-state index contributed by atoms with van der Waals surface area (Å²) >= 11 is 0. The summed E-state index contributed by atoms with van der Waals surface area (Å²) in [7, 11) is 1.69. The van der Waals surface area contributed by atoms with Crippen molar-refractivity contribution >= 4 is 28.2 Å². The number of benzene rings is 4. The molecule has 0 bridgehead atoms. The minimum atomic E-state index is -0.179. The number of carbonyl (C=O) groups excluding carboxylic acids is 1. The minimum absolute atomic E-state index is 0.179. The fourth-order valence-electron chi connectivity index (χ4n) is 4.23. The van der Waals surface area contributed by atoms with Crippen molar-refractivity contribution in [1.29, 1.82) is 0 Å². The van der Waals surface area contributed by atoms with Crippen LogP contribution in [0.5, 0.6) is 5.75 Å². The number of methoxy groups -OCH3 is 1. The Hall–Kier alpha value is -3.99. The molecule has 1 atom stereocenters. The molecule has 3 N–H and O–H groups in total. The SMILES string of the molecule is COc1cc(NC(C)CCCNC(=O)Nc2cccc(Cc3ccccc3)c2)c2ccccc2c1. The van der Waals surface area contributed by atoms with Gasteiger partial charge in [0.05, 0.1) is 7.11 Å². The van der Waals surface area contributed by atoms with Gasteiger partial charge in [0.1, 0.15) is 5.75 Å². The van der Waals surface area contributed by atoms with Crippen LogP contribution in [0.25, 0.3) is 10.8 Å². The van der Waals surface area contributed by atoms with E-state index < -0.39 is 0 Å². The third-order valence-corrected chi connectivity index (χ3v) is 6.01. The molecule has 5 nitrogen and oxygen atoms in total. The molecule has 0 aromatic heterocycles. The molecule has 5 heteroatoms. The highest BCUT2D eigenvalue weighted by atomic mass is 16.5. The van der Waals surface area contributed by atoms with Crippen molar-refractivity contribution in [2.24, 2.45) is 0 Å². The number of hydrogen-bond acceptors (Lipinski definition) is 3. The maximum absolute atomic E-state index is 12.4. The molecular formula is C30H33N3O2. The van der Waals surface area contributed by atoms with Gasteiger partial charge in [-0.2, -0.15) is 0 Å². The highest BCUT2D eigenvalue weighted by Gasteiger charge is 2.09. The van der Waals surface area contributed by atoms with Gasteiger partial charge in [0, 0.05) is 35.4 Å². The van der Waals surface area contributed by atoms with Crippen molar-refractivity contribution in [3.05, 3.63) is 102 Å². The molecule has 0 aliphatic heterocycles. The van der Waals surface area contributed by atoms with Gasteiger partial charge in [-0.3, -0.25) is 0 Å². The number of nitrogens with one attached hydrogen (secondary N) is 3. The van der Waals surface area contributed by atoms with E-state index in [0.29, 0.717) is 6.54 Å². The van der Waals surface area contributed by atoms with Gasteiger partial charge in [0.2, 0.25) is 0 Å². The Morgan fingerprint density at radius 3 is 2.49 bits per heavy atom. The Morgan fingerprint density at radius 2 is 1.66 bits per heavy atom. The zero-order valence-corrected chi connectivity index (χ0v) is 20.4. The van der Waals surface area contributed by atoms with Crippen molar-refractivity contribution in [3.63, 3.8) is 0 Å². The monoisotopic (exact) mass is 467 g/mol. The molecule has 180 valence electrons. The normalized spacial score (nSPS) is 11.6. The summed E-state index contributed by atoms with van der Waals surface area (Å²) in [6.45, 7) is 2.77. The van der Waals surface area contributed by atoms with E-state index in [1.165, 1.54) is 16.5 Å². The van der Waals surface area contributed by atoms with Crippen LogP contribution in [0.3, 0.4) is 0 Å². The topological polar surface area (TPSA) is 62.4 Å². The van der Waals surface area contributed by atoms with Gasteiger partial charge in [0.25, 0.3) is 0 Å². The molecule has 0 saturated heterocycles. The molecule has 1 unspecified atom stereocenters. The number of urea groups is 1. The van der Waals surface area contributed by atoms with Gasteiger partial charge in [-0.1, -0.05) is 66.7 Å². The molecule has 4 aromatic carbocycles. The average molecular weight is 468 g/mol. The van der Waals surface area contributed by atoms with Gasteiger partial charge in [-0.05, 0) is 60.9 Å².